The lowest BCUT2D eigenvalue weighted by Gasteiger charge is -2.14. The maximum Gasteiger partial charge on any atom is 0.232 e. The van der Waals surface area contributed by atoms with Gasteiger partial charge in [0.15, 0.2) is 0 Å². The summed E-state index contributed by atoms with van der Waals surface area (Å²) in [5.41, 5.74) is 1.93. The normalized spacial score (nSPS) is 10.1. The van der Waals surface area contributed by atoms with Gasteiger partial charge in [-0.15, -0.1) is 0 Å². The number of halogens is 1. The van der Waals surface area contributed by atoms with Gasteiger partial charge in [-0.2, -0.15) is 0 Å². The second kappa shape index (κ2) is 6.70. The summed E-state index contributed by atoms with van der Waals surface area (Å²) in [5, 5.41) is 0.754. The van der Waals surface area contributed by atoms with Crippen molar-refractivity contribution in [3.05, 3.63) is 28.3 Å². The van der Waals surface area contributed by atoms with Crippen LogP contribution >= 0.6 is 47.8 Å². The van der Waals surface area contributed by atoms with Crippen molar-refractivity contribution in [3.63, 3.8) is 0 Å². The molecule has 6 heteroatoms. The predicted octanol–water partition coefficient (Wildman–Crippen LogP) is 4.20. The van der Waals surface area contributed by atoms with Gasteiger partial charge in [-0.1, -0.05) is 23.8 Å². The topological polar surface area (TPSA) is 12.5 Å². The highest BCUT2D eigenvalue weighted by atomic mass is 35.5. The lowest BCUT2D eigenvalue weighted by molar-refractivity contribution is 0.578. The average Bonchev–Trinajstić information content (AvgIpc) is 2.25. The molecule has 1 aromatic rings. The molecule has 2 nitrogen and oxygen atoms in total. The molecule has 0 N–H and O–H groups in total. The van der Waals surface area contributed by atoms with Crippen LogP contribution < -0.4 is 4.74 Å². The maximum absolute atomic E-state index is 6.09. The molecule has 0 radical (unpaired) electrons. The fraction of sp³-hybridized carbons (Fsp3) is 0.333. The molecule has 0 aliphatic carbocycles. The molecule has 0 bridgehead atoms. The molecule has 0 amide bonds. The minimum Gasteiger partial charge on any atom is -0.439 e. The fourth-order valence-corrected chi connectivity index (χ4v) is 2.54. The number of aryl methyl sites for hydroxylation is 2. The van der Waals surface area contributed by atoms with Gasteiger partial charge in [-0.05, 0) is 61.1 Å². The highest BCUT2D eigenvalue weighted by molar-refractivity contribution is 8.37. The largest absolute Gasteiger partial charge is 0.439 e. The van der Waals surface area contributed by atoms with Crippen LogP contribution in [-0.4, -0.2) is 27.7 Å². The summed E-state index contributed by atoms with van der Waals surface area (Å²) in [5.74, 6) is 0.688. The van der Waals surface area contributed by atoms with Crippen LogP contribution in [-0.2, 0) is 0 Å². The van der Waals surface area contributed by atoms with Crippen LogP contribution in [0.4, 0.5) is 0 Å². The zero-order valence-corrected chi connectivity index (χ0v) is 13.8. The van der Waals surface area contributed by atoms with E-state index in [1.165, 1.54) is 11.8 Å². The van der Waals surface area contributed by atoms with Gasteiger partial charge in [-0.3, -0.25) is 0 Å². The molecule has 0 unspecified atom stereocenters. The van der Waals surface area contributed by atoms with E-state index in [0.717, 1.165) is 16.1 Å². The van der Waals surface area contributed by atoms with Gasteiger partial charge >= 0.3 is 0 Å². The van der Waals surface area contributed by atoms with Crippen molar-refractivity contribution in [2.45, 2.75) is 13.8 Å². The van der Waals surface area contributed by atoms with Gasteiger partial charge < -0.3 is 9.64 Å². The third-order valence-electron chi connectivity index (χ3n) is 2.15. The molecule has 0 aliphatic heterocycles. The summed E-state index contributed by atoms with van der Waals surface area (Å²) >= 11 is 17.6. The smallest absolute Gasteiger partial charge is 0.232 e. The first-order valence-corrected chi connectivity index (χ1v) is 7.20. The Morgan fingerprint density at radius 1 is 1.22 bits per heavy atom. The molecule has 18 heavy (non-hydrogen) atoms. The second-order valence-corrected chi connectivity index (χ2v) is 6.60. The van der Waals surface area contributed by atoms with E-state index < -0.39 is 0 Å². The molecule has 0 fully saturated rings. The highest BCUT2D eigenvalue weighted by Crippen LogP contribution is 2.27. The molecular weight excluding hydrogens is 306 g/mol. The average molecular weight is 320 g/mol. The summed E-state index contributed by atoms with van der Waals surface area (Å²) in [6.45, 7) is 3.87. The number of thioether (sulfide) groups is 1. The Morgan fingerprint density at radius 2 is 1.72 bits per heavy atom. The fourth-order valence-electron chi connectivity index (χ4n) is 1.24. The van der Waals surface area contributed by atoms with Crippen molar-refractivity contribution in [2.75, 3.05) is 14.1 Å². The van der Waals surface area contributed by atoms with Gasteiger partial charge in [0, 0.05) is 19.1 Å². The summed E-state index contributed by atoms with van der Waals surface area (Å²) in [7, 11) is 3.74. The molecule has 0 atom stereocenters. The van der Waals surface area contributed by atoms with Gasteiger partial charge in [0.05, 0.1) is 0 Å². The molecule has 98 valence electrons. The number of thiocarbonyl (C=S) groups is 2. The van der Waals surface area contributed by atoms with Crippen molar-refractivity contribution in [3.8, 4) is 5.75 Å². The number of hydrogen-bond acceptors (Lipinski definition) is 4. The van der Waals surface area contributed by atoms with Crippen molar-refractivity contribution < 1.29 is 4.74 Å². The van der Waals surface area contributed by atoms with E-state index in [4.69, 9.17) is 40.8 Å². The molecule has 0 aromatic heterocycles. The third-order valence-corrected chi connectivity index (χ3v) is 4.48. The summed E-state index contributed by atoms with van der Waals surface area (Å²) in [6.07, 6.45) is 0. The van der Waals surface area contributed by atoms with E-state index in [0.29, 0.717) is 14.5 Å². The van der Waals surface area contributed by atoms with E-state index >= 15 is 0 Å². The number of hydrogen-bond donors (Lipinski definition) is 0. The summed E-state index contributed by atoms with van der Waals surface area (Å²) in [4.78, 5) is 1.81. The molecule has 0 heterocycles. The van der Waals surface area contributed by atoms with Crippen molar-refractivity contribution in [1.29, 1.82) is 0 Å². The van der Waals surface area contributed by atoms with E-state index in [2.05, 4.69) is 0 Å². The lowest BCUT2D eigenvalue weighted by Crippen LogP contribution is -2.18. The molecular formula is C12H14ClNOS3. The minimum atomic E-state index is 0.384. The number of nitrogens with zero attached hydrogens (tertiary/aromatic N) is 1. The van der Waals surface area contributed by atoms with Gasteiger partial charge in [-0.25, -0.2) is 0 Å². The first-order chi connectivity index (χ1) is 8.31. The van der Waals surface area contributed by atoms with Crippen LogP contribution in [0.2, 0.25) is 5.02 Å². The van der Waals surface area contributed by atoms with Crippen LogP contribution in [0.5, 0.6) is 5.75 Å². The van der Waals surface area contributed by atoms with Crippen LogP contribution in [0.1, 0.15) is 11.1 Å². The zero-order chi connectivity index (χ0) is 13.9. The Bertz CT molecular complexity index is 465. The Balaban J connectivity index is 2.74. The first kappa shape index (κ1) is 15.7. The zero-order valence-electron chi connectivity index (χ0n) is 10.6. The van der Waals surface area contributed by atoms with Gasteiger partial charge in [0.25, 0.3) is 0 Å². The van der Waals surface area contributed by atoms with Crippen LogP contribution in [0.15, 0.2) is 12.1 Å². The number of rotatable bonds is 1. The Morgan fingerprint density at radius 3 is 2.17 bits per heavy atom. The highest BCUT2D eigenvalue weighted by Gasteiger charge is 2.09. The lowest BCUT2D eigenvalue weighted by atomic mass is 10.1. The van der Waals surface area contributed by atoms with Crippen LogP contribution in [0, 0.1) is 13.8 Å². The maximum atomic E-state index is 6.09. The SMILES string of the molecule is Cc1cc(OC(=S)SC(=S)N(C)C)cc(C)c1Cl. The predicted molar refractivity (Wildman–Crippen MR) is 88.0 cm³/mol. The van der Waals surface area contributed by atoms with E-state index in [1.807, 2.05) is 45.0 Å². The van der Waals surface area contributed by atoms with Crippen LogP contribution in [0.25, 0.3) is 0 Å². The molecule has 0 aliphatic rings. The Hall–Kier alpha value is -0.360. The molecule has 0 saturated carbocycles. The second-order valence-electron chi connectivity index (χ2n) is 3.99. The van der Waals surface area contributed by atoms with E-state index in [9.17, 15) is 0 Å². The molecule has 1 aromatic carbocycles. The molecule has 0 spiro atoms. The standard InChI is InChI=1S/C12H14ClNOS3/c1-7-5-9(6-8(2)10(7)13)15-12(17)18-11(16)14(3)4/h5-6H,1-4H3. The number of ether oxygens (including phenoxy) is 1. The van der Waals surface area contributed by atoms with Gasteiger partial charge in [0.1, 0.15) is 10.1 Å². The molecule has 1 rings (SSSR count). The summed E-state index contributed by atoms with van der Waals surface area (Å²) < 4.78 is 6.63. The Labute approximate surface area is 128 Å². The van der Waals surface area contributed by atoms with Crippen molar-refractivity contribution in [2.24, 2.45) is 0 Å². The van der Waals surface area contributed by atoms with Crippen molar-refractivity contribution >= 4 is 56.5 Å². The minimum absolute atomic E-state index is 0.384. The molecule has 0 saturated heterocycles. The first-order valence-electron chi connectivity index (χ1n) is 5.19. The van der Waals surface area contributed by atoms with E-state index in [-0.39, 0.29) is 0 Å². The quantitative estimate of drug-likeness (QED) is 0.717. The van der Waals surface area contributed by atoms with E-state index in [1.54, 1.807) is 0 Å². The third kappa shape index (κ3) is 4.39. The monoisotopic (exact) mass is 319 g/mol. The van der Waals surface area contributed by atoms with Crippen LogP contribution in [0.3, 0.4) is 0 Å². The number of benzene rings is 1. The Kier molecular flexibility index (Phi) is 5.85. The summed E-state index contributed by atoms with van der Waals surface area (Å²) in [6, 6.07) is 3.72. The van der Waals surface area contributed by atoms with Crippen molar-refractivity contribution in [1.82, 2.24) is 4.90 Å². The van der Waals surface area contributed by atoms with Gasteiger partial charge in [0.2, 0.25) is 4.38 Å².